The van der Waals surface area contributed by atoms with Gasteiger partial charge in [-0.3, -0.25) is 4.98 Å². The average Bonchev–Trinajstić information content (AvgIpc) is 2.71. The van der Waals surface area contributed by atoms with Gasteiger partial charge in [0.2, 0.25) is 0 Å². The first-order valence-corrected chi connectivity index (χ1v) is 15.6. The number of pyridine rings is 1. The smallest absolute Gasteiger partial charge is 0.192 e. The fraction of sp³-hybridized carbons (Fsp3) is 0.516. The molecule has 0 aromatic carbocycles. The molecule has 0 aliphatic heterocycles. The second-order valence-corrected chi connectivity index (χ2v) is 16.9. The van der Waals surface area contributed by atoms with Gasteiger partial charge in [0.05, 0.1) is 12.3 Å². The molecule has 0 amide bonds. The van der Waals surface area contributed by atoms with Gasteiger partial charge in [0.15, 0.2) is 8.32 Å². The molecule has 0 spiro atoms. The molecule has 1 aromatic rings. The van der Waals surface area contributed by atoms with Crippen molar-refractivity contribution in [3.8, 4) is 0 Å². The number of hydrogen-bond donors (Lipinski definition) is 0. The second-order valence-electron chi connectivity index (χ2n) is 12.1. The van der Waals surface area contributed by atoms with E-state index in [9.17, 15) is 0 Å². The summed E-state index contributed by atoms with van der Waals surface area (Å²) in [5, 5.41) is 0.222. The molecule has 0 unspecified atom stereocenters. The van der Waals surface area contributed by atoms with Crippen molar-refractivity contribution in [2.75, 3.05) is 6.61 Å². The molecule has 0 fully saturated rings. The zero-order valence-corrected chi connectivity index (χ0v) is 24.4. The van der Waals surface area contributed by atoms with Crippen LogP contribution in [0.25, 0.3) is 12.2 Å². The van der Waals surface area contributed by atoms with Crippen molar-refractivity contribution in [2.45, 2.75) is 92.8 Å². The Kier molecular flexibility index (Phi) is 9.68. The van der Waals surface area contributed by atoms with Gasteiger partial charge in [-0.1, -0.05) is 76.1 Å². The van der Waals surface area contributed by atoms with Crippen LogP contribution >= 0.6 is 0 Å². The lowest BCUT2D eigenvalue weighted by Crippen LogP contribution is -2.41. The van der Waals surface area contributed by atoms with E-state index in [4.69, 9.17) is 4.43 Å². The molecule has 2 nitrogen and oxygen atoms in total. The normalized spacial score (nSPS) is 18.4. The molecule has 1 aromatic heterocycles. The molecule has 1 aliphatic rings. The minimum atomic E-state index is -1.74. The summed E-state index contributed by atoms with van der Waals surface area (Å²) in [6.07, 6.45) is 18.9. The highest BCUT2D eigenvalue weighted by Gasteiger charge is 2.37. The van der Waals surface area contributed by atoms with E-state index in [2.05, 4.69) is 116 Å². The summed E-state index contributed by atoms with van der Waals surface area (Å²) in [7, 11) is -1.74. The van der Waals surface area contributed by atoms with Gasteiger partial charge < -0.3 is 4.43 Å². The van der Waals surface area contributed by atoms with Crippen molar-refractivity contribution >= 4 is 20.5 Å². The second kappa shape index (κ2) is 11.6. The van der Waals surface area contributed by atoms with Crippen LogP contribution < -0.4 is 0 Å². The van der Waals surface area contributed by atoms with Gasteiger partial charge in [-0.25, -0.2) is 0 Å². The highest BCUT2D eigenvalue weighted by atomic mass is 28.4. The SMILES string of the molecule is CC(C=CC1=C(C)CCCC1(C)C)=CC=Cc1ccnc(C=C(C)CO[Si](C)(C)C(C)(C)C)c1. The number of rotatable bonds is 8. The maximum Gasteiger partial charge on any atom is 0.192 e. The summed E-state index contributed by atoms with van der Waals surface area (Å²) < 4.78 is 6.35. The van der Waals surface area contributed by atoms with Gasteiger partial charge in [-0.05, 0) is 98.5 Å². The third kappa shape index (κ3) is 8.36. The Hall–Kier alpha value is -1.97. The number of hydrogen-bond acceptors (Lipinski definition) is 2. The van der Waals surface area contributed by atoms with E-state index in [-0.39, 0.29) is 10.5 Å². The summed E-state index contributed by atoms with van der Waals surface area (Å²) in [6, 6.07) is 4.18. The topological polar surface area (TPSA) is 22.1 Å². The van der Waals surface area contributed by atoms with Gasteiger partial charge in [0.25, 0.3) is 0 Å². The van der Waals surface area contributed by atoms with Crippen molar-refractivity contribution in [3.63, 3.8) is 0 Å². The van der Waals surface area contributed by atoms with Gasteiger partial charge in [0, 0.05) is 6.20 Å². The first-order valence-electron chi connectivity index (χ1n) is 12.7. The molecule has 34 heavy (non-hydrogen) atoms. The third-order valence-corrected chi connectivity index (χ3v) is 11.8. The number of aromatic nitrogens is 1. The van der Waals surface area contributed by atoms with E-state index >= 15 is 0 Å². The Balaban J connectivity index is 2.04. The standard InChI is InChI=1S/C31H47NOSi/c1-24(16-17-29-26(3)14-12-19-31(29,7)8)13-11-15-27-18-20-32-28(22-27)21-25(2)23-33-34(9,10)30(4,5)6/h11,13,15-18,20-22H,12,14,19,23H2,1-10H3. The lowest BCUT2D eigenvalue weighted by molar-refractivity contribution is 0.319. The lowest BCUT2D eigenvalue weighted by atomic mass is 9.72. The fourth-order valence-corrected chi connectivity index (χ4v) is 5.07. The van der Waals surface area contributed by atoms with Gasteiger partial charge in [-0.15, -0.1) is 0 Å². The predicted octanol–water partition coefficient (Wildman–Crippen LogP) is 9.55. The van der Waals surface area contributed by atoms with Crippen LogP contribution in [0, 0.1) is 5.41 Å². The summed E-state index contributed by atoms with van der Waals surface area (Å²) >= 11 is 0. The minimum absolute atomic E-state index is 0.222. The van der Waals surface area contributed by atoms with E-state index in [1.54, 1.807) is 5.57 Å². The van der Waals surface area contributed by atoms with Gasteiger partial charge >= 0.3 is 0 Å². The van der Waals surface area contributed by atoms with E-state index in [0.29, 0.717) is 6.61 Å². The van der Waals surface area contributed by atoms with E-state index in [1.165, 1.54) is 36.0 Å². The maximum atomic E-state index is 6.35. The first-order chi connectivity index (χ1) is 15.7. The van der Waals surface area contributed by atoms with Crippen LogP contribution in [0.5, 0.6) is 0 Å². The van der Waals surface area contributed by atoms with Gasteiger partial charge in [0.1, 0.15) is 0 Å². The van der Waals surface area contributed by atoms with Crippen molar-refractivity contribution < 1.29 is 4.43 Å². The first kappa shape index (κ1) is 28.3. The van der Waals surface area contributed by atoms with Crippen molar-refractivity contribution in [1.29, 1.82) is 0 Å². The minimum Gasteiger partial charge on any atom is -0.413 e. The summed E-state index contributed by atoms with van der Waals surface area (Å²) in [6.45, 7) is 23.4. The van der Waals surface area contributed by atoms with Crippen LogP contribution in [0.15, 0.2) is 64.9 Å². The lowest BCUT2D eigenvalue weighted by Gasteiger charge is -2.36. The largest absolute Gasteiger partial charge is 0.413 e. The Morgan fingerprint density at radius 2 is 1.88 bits per heavy atom. The molecule has 1 aliphatic carbocycles. The molecular weight excluding hydrogens is 430 g/mol. The number of allylic oxidation sites excluding steroid dienone is 7. The highest BCUT2D eigenvalue weighted by Crippen LogP contribution is 2.41. The predicted molar refractivity (Wildman–Crippen MR) is 153 cm³/mol. The molecule has 0 atom stereocenters. The van der Waals surface area contributed by atoms with E-state index in [1.807, 2.05) is 12.3 Å². The van der Waals surface area contributed by atoms with Crippen molar-refractivity contribution in [3.05, 3.63) is 76.2 Å². The molecule has 1 heterocycles. The summed E-state index contributed by atoms with van der Waals surface area (Å²) in [5.74, 6) is 0. The van der Waals surface area contributed by atoms with Crippen LogP contribution in [-0.4, -0.2) is 19.9 Å². The summed E-state index contributed by atoms with van der Waals surface area (Å²) in [4.78, 5) is 4.53. The third-order valence-electron chi connectivity index (χ3n) is 7.37. The van der Waals surface area contributed by atoms with Crippen LogP contribution in [-0.2, 0) is 4.43 Å². The van der Waals surface area contributed by atoms with Crippen LogP contribution in [0.1, 0.15) is 85.9 Å². The molecule has 2 rings (SSSR count). The Morgan fingerprint density at radius 1 is 1.18 bits per heavy atom. The van der Waals surface area contributed by atoms with E-state index in [0.717, 1.165) is 11.3 Å². The fourth-order valence-electron chi connectivity index (χ4n) is 4.04. The van der Waals surface area contributed by atoms with Crippen LogP contribution in [0.4, 0.5) is 0 Å². The molecule has 0 N–H and O–H groups in total. The van der Waals surface area contributed by atoms with Crippen LogP contribution in [0.2, 0.25) is 18.1 Å². The molecule has 186 valence electrons. The quantitative estimate of drug-likeness (QED) is 0.275. The molecular formula is C31H47NOSi. The summed E-state index contributed by atoms with van der Waals surface area (Å²) in [5.41, 5.74) is 7.91. The average molecular weight is 478 g/mol. The highest BCUT2D eigenvalue weighted by molar-refractivity contribution is 6.74. The van der Waals surface area contributed by atoms with Gasteiger partial charge in [-0.2, -0.15) is 0 Å². The monoisotopic (exact) mass is 477 g/mol. The molecule has 0 bridgehead atoms. The zero-order valence-electron chi connectivity index (χ0n) is 23.4. The maximum absolute atomic E-state index is 6.35. The van der Waals surface area contributed by atoms with Crippen molar-refractivity contribution in [1.82, 2.24) is 4.98 Å². The molecule has 0 saturated heterocycles. The molecule has 3 heteroatoms. The molecule has 0 radical (unpaired) electrons. The number of nitrogens with zero attached hydrogens (tertiary/aromatic N) is 1. The van der Waals surface area contributed by atoms with E-state index < -0.39 is 8.32 Å². The zero-order chi connectivity index (χ0) is 25.6. The Bertz CT molecular complexity index is 997. The molecule has 0 saturated carbocycles. The Labute approximate surface area is 210 Å². The van der Waals surface area contributed by atoms with Crippen molar-refractivity contribution in [2.24, 2.45) is 5.41 Å². The Morgan fingerprint density at radius 3 is 2.53 bits per heavy atom. The van der Waals surface area contributed by atoms with Crippen LogP contribution in [0.3, 0.4) is 0 Å².